The van der Waals surface area contributed by atoms with Gasteiger partial charge in [0, 0.05) is 0 Å². The van der Waals surface area contributed by atoms with E-state index in [-0.39, 0.29) is 0 Å². The lowest BCUT2D eigenvalue weighted by molar-refractivity contribution is 0.0618. The molecule has 0 nitrogen and oxygen atoms in total. The lowest BCUT2D eigenvalue weighted by Crippen LogP contribution is -2.35. The average molecular weight is 198 g/mol. The molecule has 0 aliphatic heterocycles. The molecule has 1 unspecified atom stereocenters. The molecule has 0 aromatic heterocycles. The lowest BCUT2D eigenvalue weighted by Gasteiger charge is -2.44. The first-order valence-corrected chi connectivity index (χ1v) is 5.86. The highest BCUT2D eigenvalue weighted by Crippen LogP contribution is 2.45. The van der Waals surface area contributed by atoms with Crippen LogP contribution in [0.25, 0.3) is 0 Å². The Hall–Kier alpha value is 0. The predicted octanol–water partition coefficient (Wildman–Crippen LogP) is 5.13. The van der Waals surface area contributed by atoms with Gasteiger partial charge in [-0.25, -0.2) is 0 Å². The van der Waals surface area contributed by atoms with Crippen molar-refractivity contribution in [3.05, 3.63) is 0 Å². The molecule has 0 bridgehead atoms. The fraction of sp³-hybridized carbons (Fsp3) is 1.00. The van der Waals surface area contributed by atoms with Crippen molar-refractivity contribution in [3.63, 3.8) is 0 Å². The third kappa shape index (κ3) is 4.48. The predicted molar refractivity (Wildman–Crippen MR) is 66.5 cm³/mol. The Bertz CT molecular complexity index is 173. The summed E-state index contributed by atoms with van der Waals surface area (Å²) < 4.78 is 0. The largest absolute Gasteiger partial charge is 0.0615 e. The Balaban J connectivity index is 4.63. The van der Waals surface area contributed by atoms with E-state index >= 15 is 0 Å². The zero-order valence-corrected chi connectivity index (χ0v) is 11.8. The summed E-state index contributed by atoms with van der Waals surface area (Å²) in [5, 5.41) is 0. The molecule has 14 heavy (non-hydrogen) atoms. The first-order chi connectivity index (χ1) is 5.86. The average Bonchev–Trinajstić information content (AvgIpc) is 1.78. The van der Waals surface area contributed by atoms with Crippen LogP contribution in [0.1, 0.15) is 68.7 Å². The van der Waals surface area contributed by atoms with Crippen molar-refractivity contribution in [1.29, 1.82) is 0 Å². The molecule has 0 aromatic rings. The van der Waals surface area contributed by atoms with Crippen LogP contribution in [0.3, 0.4) is 0 Å². The van der Waals surface area contributed by atoms with Crippen LogP contribution in [-0.4, -0.2) is 0 Å². The summed E-state index contributed by atoms with van der Waals surface area (Å²) in [4.78, 5) is 0. The molecular weight excluding hydrogens is 168 g/mol. The lowest BCUT2D eigenvalue weighted by atomic mass is 9.62. The van der Waals surface area contributed by atoms with Gasteiger partial charge in [0.25, 0.3) is 0 Å². The van der Waals surface area contributed by atoms with E-state index in [0.29, 0.717) is 16.2 Å². The van der Waals surface area contributed by atoms with Gasteiger partial charge in [-0.05, 0) is 28.6 Å². The van der Waals surface area contributed by atoms with Gasteiger partial charge in [0.15, 0.2) is 0 Å². The van der Waals surface area contributed by atoms with E-state index in [2.05, 4.69) is 62.3 Å². The van der Waals surface area contributed by atoms with Gasteiger partial charge < -0.3 is 0 Å². The summed E-state index contributed by atoms with van der Waals surface area (Å²) in [6.07, 6.45) is 1.29. The highest BCUT2D eigenvalue weighted by molar-refractivity contribution is 4.86. The Morgan fingerprint density at radius 1 is 0.786 bits per heavy atom. The molecule has 0 saturated carbocycles. The van der Waals surface area contributed by atoms with Crippen LogP contribution in [0.5, 0.6) is 0 Å². The molecule has 0 saturated heterocycles. The molecule has 0 spiro atoms. The minimum Gasteiger partial charge on any atom is -0.0615 e. The summed E-state index contributed by atoms with van der Waals surface area (Å²) in [7, 11) is 0. The third-order valence-electron chi connectivity index (χ3n) is 3.46. The van der Waals surface area contributed by atoms with Crippen LogP contribution in [0.2, 0.25) is 0 Å². The summed E-state index contributed by atoms with van der Waals surface area (Å²) in [5.74, 6) is 0.745. The Morgan fingerprint density at radius 3 is 1.36 bits per heavy atom. The second-order valence-electron chi connectivity index (χ2n) is 7.81. The standard InChI is InChI=1S/C14H30/c1-11(13(5,6)7)14(8,9)10-12(2,3)4/h11H,10H2,1-9H3. The molecule has 0 aliphatic rings. The second-order valence-corrected chi connectivity index (χ2v) is 7.81. The van der Waals surface area contributed by atoms with E-state index in [1.807, 2.05) is 0 Å². The molecule has 0 aromatic carbocycles. The van der Waals surface area contributed by atoms with Gasteiger partial charge in [0.2, 0.25) is 0 Å². The highest BCUT2D eigenvalue weighted by Gasteiger charge is 2.36. The quantitative estimate of drug-likeness (QED) is 0.577. The zero-order chi connectivity index (χ0) is 11.8. The Labute approximate surface area is 91.5 Å². The van der Waals surface area contributed by atoms with E-state index < -0.39 is 0 Å². The maximum absolute atomic E-state index is 2.41. The van der Waals surface area contributed by atoms with Gasteiger partial charge >= 0.3 is 0 Å². The van der Waals surface area contributed by atoms with E-state index in [4.69, 9.17) is 0 Å². The third-order valence-corrected chi connectivity index (χ3v) is 3.46. The van der Waals surface area contributed by atoms with Crippen molar-refractivity contribution < 1.29 is 0 Å². The summed E-state index contributed by atoms with van der Waals surface area (Å²) in [6, 6.07) is 0. The molecular formula is C14H30. The van der Waals surface area contributed by atoms with Crippen molar-refractivity contribution in [3.8, 4) is 0 Å². The van der Waals surface area contributed by atoms with Gasteiger partial charge in [-0.3, -0.25) is 0 Å². The van der Waals surface area contributed by atoms with Gasteiger partial charge in [-0.15, -0.1) is 0 Å². The van der Waals surface area contributed by atoms with Crippen molar-refractivity contribution in [2.24, 2.45) is 22.2 Å². The first-order valence-electron chi connectivity index (χ1n) is 5.86. The minimum absolute atomic E-state index is 0.411. The van der Waals surface area contributed by atoms with Crippen LogP contribution in [0.4, 0.5) is 0 Å². The number of hydrogen-bond acceptors (Lipinski definition) is 0. The molecule has 0 radical (unpaired) electrons. The SMILES string of the molecule is CC(C(C)(C)C)C(C)(C)CC(C)(C)C. The molecule has 0 N–H and O–H groups in total. The fourth-order valence-electron chi connectivity index (χ4n) is 2.69. The normalized spacial score (nSPS) is 16.9. The van der Waals surface area contributed by atoms with Crippen molar-refractivity contribution >= 4 is 0 Å². The monoisotopic (exact) mass is 198 g/mol. The molecule has 0 aliphatic carbocycles. The van der Waals surface area contributed by atoms with Crippen LogP contribution in [0, 0.1) is 22.2 Å². The second kappa shape index (κ2) is 3.87. The number of rotatable bonds is 2. The first kappa shape index (κ1) is 14.0. The minimum atomic E-state index is 0.411. The maximum Gasteiger partial charge on any atom is -0.0319 e. The van der Waals surface area contributed by atoms with Crippen LogP contribution in [-0.2, 0) is 0 Å². The van der Waals surface area contributed by atoms with E-state index in [1.165, 1.54) is 6.42 Å². The Kier molecular flexibility index (Phi) is 3.87. The van der Waals surface area contributed by atoms with Gasteiger partial charge in [0.05, 0.1) is 0 Å². The van der Waals surface area contributed by atoms with Crippen molar-refractivity contribution in [2.75, 3.05) is 0 Å². The smallest absolute Gasteiger partial charge is 0.0319 e. The van der Waals surface area contributed by atoms with Gasteiger partial charge in [-0.1, -0.05) is 62.3 Å². The zero-order valence-electron chi connectivity index (χ0n) is 11.8. The van der Waals surface area contributed by atoms with E-state index in [0.717, 1.165) is 5.92 Å². The highest BCUT2D eigenvalue weighted by atomic mass is 14.4. The van der Waals surface area contributed by atoms with Crippen molar-refractivity contribution in [2.45, 2.75) is 68.7 Å². The topological polar surface area (TPSA) is 0 Å². The molecule has 0 heterocycles. The van der Waals surface area contributed by atoms with Crippen LogP contribution < -0.4 is 0 Å². The molecule has 86 valence electrons. The van der Waals surface area contributed by atoms with Crippen molar-refractivity contribution in [1.82, 2.24) is 0 Å². The van der Waals surface area contributed by atoms with Gasteiger partial charge in [-0.2, -0.15) is 0 Å². The van der Waals surface area contributed by atoms with E-state index in [1.54, 1.807) is 0 Å². The number of hydrogen-bond donors (Lipinski definition) is 0. The molecule has 0 fully saturated rings. The van der Waals surface area contributed by atoms with E-state index in [9.17, 15) is 0 Å². The molecule has 0 amide bonds. The summed E-state index contributed by atoms with van der Waals surface area (Å²) in [6.45, 7) is 21.3. The molecule has 0 rings (SSSR count). The van der Waals surface area contributed by atoms with Crippen LogP contribution >= 0.6 is 0 Å². The van der Waals surface area contributed by atoms with Crippen LogP contribution in [0.15, 0.2) is 0 Å². The summed E-state index contributed by atoms with van der Waals surface area (Å²) in [5.41, 5.74) is 1.27. The fourth-order valence-corrected chi connectivity index (χ4v) is 2.69. The Morgan fingerprint density at radius 2 is 1.14 bits per heavy atom. The maximum atomic E-state index is 2.41. The van der Waals surface area contributed by atoms with Gasteiger partial charge in [0.1, 0.15) is 0 Å². The molecule has 0 heteroatoms. The summed E-state index contributed by atoms with van der Waals surface area (Å²) >= 11 is 0. The molecule has 1 atom stereocenters.